The molecule has 0 atom stereocenters. The van der Waals surface area contributed by atoms with Gasteiger partial charge >= 0.3 is 11.8 Å². The molecule has 0 saturated heterocycles. The Morgan fingerprint density at radius 1 is 1.23 bits per heavy atom. The van der Waals surface area contributed by atoms with Gasteiger partial charge in [0.05, 0.1) is 11.3 Å². The Labute approximate surface area is 71.5 Å². The zero-order valence-electron chi connectivity index (χ0n) is 6.30. The molecule has 1 amide bonds. The molecule has 0 bridgehead atoms. The van der Waals surface area contributed by atoms with Gasteiger partial charge < -0.3 is 0 Å². The Hall–Kier alpha value is -1.52. The summed E-state index contributed by atoms with van der Waals surface area (Å²) < 4.78 is 38.7. The van der Waals surface area contributed by atoms with Crippen molar-refractivity contribution in [2.24, 2.45) is 0 Å². The van der Waals surface area contributed by atoms with E-state index in [0.717, 1.165) is 12.1 Å². The second-order valence-corrected chi connectivity index (χ2v) is 2.68. The lowest BCUT2D eigenvalue weighted by Gasteiger charge is -2.04. The number of carbonyl (C=O) groups is 1. The fraction of sp³-hybridized carbons (Fsp3) is 0.125. The number of benzene rings is 1. The Morgan fingerprint density at radius 2 is 1.85 bits per heavy atom. The van der Waals surface area contributed by atoms with Crippen LogP contribution in [0.3, 0.4) is 0 Å². The number of alkyl halides is 2. The molecule has 0 N–H and O–H groups in total. The molecule has 1 aliphatic rings. The third-order valence-electron chi connectivity index (χ3n) is 1.90. The monoisotopic (exact) mass is 187 g/mol. The normalized spacial score (nSPS) is 19.0. The van der Waals surface area contributed by atoms with Crippen LogP contribution >= 0.6 is 0 Å². The van der Waals surface area contributed by atoms with Crippen LogP contribution in [-0.2, 0) is 10.7 Å². The van der Waals surface area contributed by atoms with Crippen LogP contribution in [-0.4, -0.2) is 5.91 Å². The van der Waals surface area contributed by atoms with Gasteiger partial charge in [-0.15, -0.1) is 5.12 Å². The van der Waals surface area contributed by atoms with Crippen molar-refractivity contribution in [3.8, 4) is 0 Å². The van der Waals surface area contributed by atoms with Gasteiger partial charge in [-0.25, -0.2) is 0 Å². The predicted molar refractivity (Wildman–Crippen MR) is 38.9 cm³/mol. The predicted octanol–water partition coefficient (Wildman–Crippen LogP) is 2.01. The van der Waals surface area contributed by atoms with Crippen molar-refractivity contribution in [1.82, 2.24) is 0 Å². The van der Waals surface area contributed by atoms with E-state index in [1.807, 2.05) is 0 Å². The van der Waals surface area contributed by atoms with E-state index in [4.69, 9.17) is 0 Å². The molecule has 0 aliphatic carbocycles. The first-order valence-corrected chi connectivity index (χ1v) is 3.53. The zero-order valence-corrected chi connectivity index (χ0v) is 6.30. The van der Waals surface area contributed by atoms with Crippen molar-refractivity contribution >= 4 is 11.6 Å². The molecule has 0 spiro atoms. The summed E-state index contributed by atoms with van der Waals surface area (Å²) in [6.07, 6.45) is 0. The molecule has 5 heteroatoms. The molecule has 1 aliphatic heterocycles. The van der Waals surface area contributed by atoms with Crippen LogP contribution < -0.4 is 5.12 Å². The first-order chi connectivity index (χ1) is 6.05. The second-order valence-electron chi connectivity index (χ2n) is 2.68. The summed E-state index contributed by atoms with van der Waals surface area (Å²) in [6, 6.07) is 4.89. The highest BCUT2D eigenvalue weighted by molar-refractivity contribution is 6.03. The van der Waals surface area contributed by atoms with E-state index in [2.05, 4.69) is 0 Å². The summed E-state index contributed by atoms with van der Waals surface area (Å²) in [5.74, 6) is -5.56. The van der Waals surface area contributed by atoms with E-state index in [1.165, 1.54) is 12.1 Å². The van der Waals surface area contributed by atoms with Crippen molar-refractivity contribution in [3.05, 3.63) is 29.8 Å². The number of rotatable bonds is 0. The number of amides is 1. The number of halogens is 3. The Balaban J connectivity index is 2.68. The van der Waals surface area contributed by atoms with Gasteiger partial charge in [0.25, 0.3) is 0 Å². The highest BCUT2D eigenvalue weighted by Gasteiger charge is 2.53. The summed E-state index contributed by atoms with van der Waals surface area (Å²) in [6.45, 7) is 0. The molecule has 0 radical (unpaired) electrons. The molecule has 2 nitrogen and oxygen atoms in total. The lowest BCUT2D eigenvalue weighted by molar-refractivity contribution is -0.144. The van der Waals surface area contributed by atoms with E-state index in [-0.39, 0.29) is 5.69 Å². The van der Waals surface area contributed by atoms with Crippen molar-refractivity contribution in [1.29, 1.82) is 0 Å². The van der Waals surface area contributed by atoms with Crippen LogP contribution in [0.2, 0.25) is 0 Å². The molecule has 2 rings (SSSR count). The molecule has 0 fully saturated rings. The third kappa shape index (κ3) is 0.867. The average Bonchev–Trinajstić information content (AvgIpc) is 2.30. The van der Waals surface area contributed by atoms with Crippen LogP contribution in [0.15, 0.2) is 24.3 Å². The highest BCUT2D eigenvalue weighted by atomic mass is 19.3. The Morgan fingerprint density at radius 3 is 2.46 bits per heavy atom. The average molecular weight is 187 g/mol. The molecule has 0 unspecified atom stereocenters. The molecule has 68 valence electrons. The minimum Gasteiger partial charge on any atom is -0.264 e. The van der Waals surface area contributed by atoms with Gasteiger partial charge in [0.2, 0.25) is 0 Å². The third-order valence-corrected chi connectivity index (χ3v) is 1.90. The number of carbonyl (C=O) groups excluding carboxylic acids is 1. The quantitative estimate of drug-likeness (QED) is 0.569. The molecule has 0 aromatic heterocycles. The first-order valence-electron chi connectivity index (χ1n) is 3.53. The number of para-hydroxylation sites is 1. The van der Waals surface area contributed by atoms with Gasteiger partial charge in [0.1, 0.15) is 0 Å². The van der Waals surface area contributed by atoms with Crippen LogP contribution in [0.1, 0.15) is 5.56 Å². The summed E-state index contributed by atoms with van der Waals surface area (Å²) in [4.78, 5) is 10.7. The molecule has 1 aromatic rings. The minimum absolute atomic E-state index is 0.377. The maximum absolute atomic E-state index is 12.9. The molecular formula is C8H4F3NO. The highest BCUT2D eigenvalue weighted by Crippen LogP contribution is 2.43. The van der Waals surface area contributed by atoms with Gasteiger partial charge in [-0.2, -0.15) is 8.78 Å². The van der Waals surface area contributed by atoms with Crippen LogP contribution in [0.25, 0.3) is 0 Å². The molecule has 1 aromatic carbocycles. The molecule has 0 saturated carbocycles. The molecular weight excluding hydrogens is 183 g/mol. The number of hydrogen-bond donors (Lipinski definition) is 0. The number of anilines is 1. The maximum atomic E-state index is 12.9. The second kappa shape index (κ2) is 2.25. The number of nitrogens with zero attached hydrogens (tertiary/aromatic N) is 1. The number of hydrogen-bond acceptors (Lipinski definition) is 1. The summed E-state index contributed by atoms with van der Waals surface area (Å²) in [5.41, 5.74) is -0.958. The fourth-order valence-corrected chi connectivity index (χ4v) is 1.26. The Kier molecular flexibility index (Phi) is 1.40. The minimum atomic E-state index is -3.73. The van der Waals surface area contributed by atoms with Crippen LogP contribution in [0.4, 0.5) is 18.9 Å². The molecule has 13 heavy (non-hydrogen) atoms. The van der Waals surface area contributed by atoms with E-state index < -0.39 is 22.5 Å². The number of fused-ring (bicyclic) bond motifs is 1. The van der Waals surface area contributed by atoms with Crippen LogP contribution in [0, 0.1) is 0 Å². The largest absolute Gasteiger partial charge is 0.354 e. The van der Waals surface area contributed by atoms with E-state index in [1.54, 1.807) is 0 Å². The zero-order chi connectivity index (χ0) is 9.64. The SMILES string of the molecule is O=C1N(F)c2ccccc2C1(F)F. The van der Waals surface area contributed by atoms with Gasteiger partial charge in [-0.1, -0.05) is 22.7 Å². The van der Waals surface area contributed by atoms with E-state index in [0.29, 0.717) is 0 Å². The van der Waals surface area contributed by atoms with Gasteiger partial charge in [-0.05, 0) is 6.07 Å². The summed E-state index contributed by atoms with van der Waals surface area (Å²) in [5, 5.41) is -0.519. The lowest BCUT2D eigenvalue weighted by atomic mass is 10.1. The van der Waals surface area contributed by atoms with Crippen molar-refractivity contribution in [3.63, 3.8) is 0 Å². The van der Waals surface area contributed by atoms with E-state index >= 15 is 0 Å². The summed E-state index contributed by atoms with van der Waals surface area (Å²) in [7, 11) is 0. The van der Waals surface area contributed by atoms with Crippen LogP contribution in [0.5, 0.6) is 0 Å². The topological polar surface area (TPSA) is 20.3 Å². The van der Waals surface area contributed by atoms with Gasteiger partial charge in [-0.3, -0.25) is 4.79 Å². The Bertz CT molecular complexity index is 377. The van der Waals surface area contributed by atoms with Crippen molar-refractivity contribution in [2.45, 2.75) is 5.92 Å². The summed E-state index contributed by atoms with van der Waals surface area (Å²) >= 11 is 0. The first kappa shape index (κ1) is 8.10. The maximum Gasteiger partial charge on any atom is 0.354 e. The van der Waals surface area contributed by atoms with E-state index in [9.17, 15) is 18.1 Å². The van der Waals surface area contributed by atoms with Gasteiger partial charge in [0, 0.05) is 0 Å². The van der Waals surface area contributed by atoms with Crippen molar-refractivity contribution in [2.75, 3.05) is 5.12 Å². The molecule has 1 heterocycles. The standard InChI is InChI=1S/C8H4F3NO/c9-8(10)5-3-1-2-4-6(5)12(11)7(8)13/h1-4H. The lowest BCUT2D eigenvalue weighted by Crippen LogP contribution is -2.28. The van der Waals surface area contributed by atoms with Gasteiger partial charge in [0.15, 0.2) is 0 Å². The smallest absolute Gasteiger partial charge is 0.264 e. The fourth-order valence-electron chi connectivity index (χ4n) is 1.26. The van der Waals surface area contributed by atoms with Crippen molar-refractivity contribution < 1.29 is 18.1 Å².